The van der Waals surface area contributed by atoms with Crippen molar-refractivity contribution in [3.8, 4) is 0 Å². The van der Waals surface area contributed by atoms with Gasteiger partial charge in [-0.15, -0.1) is 23.1 Å². The van der Waals surface area contributed by atoms with Crippen molar-refractivity contribution in [1.29, 1.82) is 0 Å². The van der Waals surface area contributed by atoms with Crippen molar-refractivity contribution in [3.05, 3.63) is 46.5 Å². The molecule has 1 aliphatic carbocycles. The van der Waals surface area contributed by atoms with E-state index in [0.717, 1.165) is 17.7 Å². The smallest absolute Gasteiger partial charge is 0.249 e. The van der Waals surface area contributed by atoms with E-state index >= 15 is 0 Å². The lowest BCUT2D eigenvalue weighted by Gasteiger charge is -2.24. The molecule has 1 saturated heterocycles. The number of hydrogen-bond acceptors (Lipinski definition) is 5. The molecular weight excluding hydrogens is 366 g/mol. The first-order chi connectivity index (χ1) is 12.6. The molecule has 2 heterocycles. The molecule has 5 nitrogen and oxygen atoms in total. The largest absolute Gasteiger partial charge is 0.321 e. The van der Waals surface area contributed by atoms with Crippen molar-refractivity contribution in [2.24, 2.45) is 0 Å². The molecule has 0 spiro atoms. The maximum atomic E-state index is 12.9. The summed E-state index contributed by atoms with van der Waals surface area (Å²) in [6.07, 6.45) is 4.28. The summed E-state index contributed by atoms with van der Waals surface area (Å²) in [7, 11) is 0. The van der Waals surface area contributed by atoms with E-state index in [-0.39, 0.29) is 17.7 Å². The van der Waals surface area contributed by atoms with Crippen LogP contribution in [0.4, 0.5) is 5.13 Å². The first-order valence-corrected chi connectivity index (χ1v) is 10.8. The van der Waals surface area contributed by atoms with Gasteiger partial charge in [0.25, 0.3) is 0 Å². The van der Waals surface area contributed by atoms with Gasteiger partial charge in [0.2, 0.25) is 11.8 Å². The van der Waals surface area contributed by atoms with Gasteiger partial charge in [0, 0.05) is 23.2 Å². The first kappa shape index (κ1) is 17.5. The van der Waals surface area contributed by atoms with E-state index in [0.29, 0.717) is 23.2 Å². The molecule has 0 bridgehead atoms. The molecule has 2 unspecified atom stereocenters. The standard InChI is InChI=1S/C19H21N3O2S2/c1-12-9-20-19(26-12)21-18(24)16-10-25-11-22(16)17(23)8-14-7-6-13-4-2-3-5-15(13)14/h2-5,9,14,16H,6-8,10-11H2,1H3,(H,20,21,24). The number of nitrogens with zero attached hydrogens (tertiary/aromatic N) is 2. The summed E-state index contributed by atoms with van der Waals surface area (Å²) in [5, 5.41) is 3.46. The quantitative estimate of drug-likeness (QED) is 0.873. The summed E-state index contributed by atoms with van der Waals surface area (Å²) in [5.41, 5.74) is 2.65. The Morgan fingerprint density at radius 2 is 2.19 bits per heavy atom. The van der Waals surface area contributed by atoms with E-state index < -0.39 is 6.04 Å². The fourth-order valence-electron chi connectivity index (χ4n) is 3.69. The summed E-state index contributed by atoms with van der Waals surface area (Å²) >= 11 is 3.08. The molecular formula is C19H21N3O2S2. The molecule has 136 valence electrons. The normalized spacial score (nSPS) is 21.7. The number of rotatable bonds is 4. The second kappa shape index (κ2) is 7.40. The van der Waals surface area contributed by atoms with E-state index in [2.05, 4.69) is 28.5 Å². The Hall–Kier alpha value is -1.86. The molecule has 1 fully saturated rings. The summed E-state index contributed by atoms with van der Waals surface area (Å²) in [6.45, 7) is 1.95. The molecule has 4 rings (SSSR count). The van der Waals surface area contributed by atoms with Gasteiger partial charge in [-0.25, -0.2) is 4.98 Å². The Morgan fingerprint density at radius 3 is 3.00 bits per heavy atom. The lowest BCUT2D eigenvalue weighted by molar-refractivity contribution is -0.136. The molecule has 1 aliphatic heterocycles. The fourth-order valence-corrected chi connectivity index (χ4v) is 5.54. The third-order valence-corrected chi connectivity index (χ3v) is 6.88. The zero-order valence-electron chi connectivity index (χ0n) is 14.6. The Kier molecular flexibility index (Phi) is 5.00. The van der Waals surface area contributed by atoms with Crippen LogP contribution in [0.1, 0.15) is 34.8 Å². The summed E-state index contributed by atoms with van der Waals surface area (Å²) in [5.74, 6) is 1.44. The van der Waals surface area contributed by atoms with E-state index in [1.165, 1.54) is 22.5 Å². The van der Waals surface area contributed by atoms with Crippen LogP contribution in [0.25, 0.3) is 0 Å². The summed E-state index contributed by atoms with van der Waals surface area (Å²) in [4.78, 5) is 32.5. The minimum atomic E-state index is -0.409. The van der Waals surface area contributed by atoms with Gasteiger partial charge in [0.05, 0.1) is 5.88 Å². The average molecular weight is 388 g/mol. The average Bonchev–Trinajstić information content (AvgIpc) is 3.35. The monoisotopic (exact) mass is 387 g/mol. The summed E-state index contributed by atoms with van der Waals surface area (Å²) < 4.78 is 0. The van der Waals surface area contributed by atoms with Crippen molar-refractivity contribution in [3.63, 3.8) is 0 Å². The van der Waals surface area contributed by atoms with Crippen LogP contribution in [0.2, 0.25) is 0 Å². The lowest BCUT2D eigenvalue weighted by Crippen LogP contribution is -2.44. The molecule has 2 amide bonds. The van der Waals surface area contributed by atoms with Crippen LogP contribution in [-0.2, 0) is 16.0 Å². The number of carbonyl (C=O) groups is 2. The number of aryl methyl sites for hydroxylation is 2. The molecule has 1 aromatic carbocycles. The number of fused-ring (bicyclic) bond motifs is 1. The number of thiazole rings is 1. The molecule has 2 atom stereocenters. The van der Waals surface area contributed by atoms with E-state index in [9.17, 15) is 9.59 Å². The van der Waals surface area contributed by atoms with Crippen LogP contribution in [0.5, 0.6) is 0 Å². The maximum absolute atomic E-state index is 12.9. The Labute approximate surface area is 161 Å². The highest BCUT2D eigenvalue weighted by Gasteiger charge is 2.36. The highest BCUT2D eigenvalue weighted by molar-refractivity contribution is 7.99. The van der Waals surface area contributed by atoms with Gasteiger partial charge in [0.15, 0.2) is 5.13 Å². The van der Waals surface area contributed by atoms with Crippen LogP contribution >= 0.6 is 23.1 Å². The minimum absolute atomic E-state index is 0.0761. The topological polar surface area (TPSA) is 62.3 Å². The van der Waals surface area contributed by atoms with E-state index in [1.807, 2.05) is 13.0 Å². The van der Waals surface area contributed by atoms with Crippen molar-refractivity contribution < 1.29 is 9.59 Å². The van der Waals surface area contributed by atoms with Gasteiger partial charge in [-0.2, -0.15) is 0 Å². The number of thioether (sulfide) groups is 1. The predicted octanol–water partition coefficient (Wildman–Crippen LogP) is 3.41. The van der Waals surface area contributed by atoms with Crippen LogP contribution in [-0.4, -0.2) is 39.4 Å². The molecule has 7 heteroatoms. The molecule has 1 N–H and O–H groups in total. The number of hydrogen-bond donors (Lipinski definition) is 1. The minimum Gasteiger partial charge on any atom is -0.321 e. The molecule has 2 aliphatic rings. The Balaban J connectivity index is 1.41. The fraction of sp³-hybridized carbons (Fsp3) is 0.421. The van der Waals surface area contributed by atoms with Gasteiger partial charge in [-0.1, -0.05) is 24.3 Å². The first-order valence-electron chi connectivity index (χ1n) is 8.80. The van der Waals surface area contributed by atoms with Gasteiger partial charge in [0.1, 0.15) is 6.04 Å². The molecule has 1 aromatic heterocycles. The number of aromatic nitrogens is 1. The van der Waals surface area contributed by atoms with E-state index in [4.69, 9.17) is 0 Å². The van der Waals surface area contributed by atoms with Gasteiger partial charge >= 0.3 is 0 Å². The Bertz CT molecular complexity index is 836. The lowest BCUT2D eigenvalue weighted by atomic mass is 9.97. The van der Waals surface area contributed by atoms with Crippen molar-refractivity contribution in [2.45, 2.75) is 38.1 Å². The van der Waals surface area contributed by atoms with Crippen LogP contribution in [0.3, 0.4) is 0 Å². The molecule has 0 saturated carbocycles. The number of benzene rings is 1. The van der Waals surface area contributed by atoms with E-state index in [1.54, 1.807) is 22.9 Å². The van der Waals surface area contributed by atoms with Crippen LogP contribution < -0.4 is 5.32 Å². The van der Waals surface area contributed by atoms with Crippen LogP contribution in [0, 0.1) is 6.92 Å². The van der Waals surface area contributed by atoms with Gasteiger partial charge in [-0.3, -0.25) is 9.59 Å². The van der Waals surface area contributed by atoms with Crippen molar-refractivity contribution >= 4 is 40.0 Å². The maximum Gasteiger partial charge on any atom is 0.249 e. The van der Waals surface area contributed by atoms with Crippen LogP contribution in [0.15, 0.2) is 30.5 Å². The number of anilines is 1. The predicted molar refractivity (Wildman–Crippen MR) is 106 cm³/mol. The number of carbonyl (C=O) groups excluding carboxylic acids is 2. The SMILES string of the molecule is Cc1cnc(NC(=O)C2CSCN2C(=O)CC2CCc3ccccc32)s1. The second-order valence-corrected chi connectivity index (χ2v) is 9.02. The third-order valence-electron chi connectivity index (χ3n) is 5.03. The van der Waals surface area contributed by atoms with Gasteiger partial charge < -0.3 is 10.2 Å². The van der Waals surface area contributed by atoms with Gasteiger partial charge in [-0.05, 0) is 36.8 Å². The highest BCUT2D eigenvalue weighted by Crippen LogP contribution is 2.36. The highest BCUT2D eigenvalue weighted by atomic mass is 32.2. The molecule has 26 heavy (non-hydrogen) atoms. The molecule has 2 aromatic rings. The van der Waals surface area contributed by atoms with Crippen molar-refractivity contribution in [2.75, 3.05) is 16.9 Å². The number of nitrogens with one attached hydrogen (secondary N) is 1. The zero-order chi connectivity index (χ0) is 18.1. The zero-order valence-corrected chi connectivity index (χ0v) is 16.2. The summed E-state index contributed by atoms with van der Waals surface area (Å²) in [6, 6.07) is 7.97. The Morgan fingerprint density at radius 1 is 1.35 bits per heavy atom. The molecule has 0 radical (unpaired) electrons. The number of amides is 2. The third kappa shape index (κ3) is 3.50. The second-order valence-electron chi connectivity index (χ2n) is 6.78. The van der Waals surface area contributed by atoms with Crippen molar-refractivity contribution in [1.82, 2.24) is 9.88 Å².